The van der Waals surface area contributed by atoms with E-state index in [1.165, 1.54) is 0 Å². The fraction of sp³-hybridized carbons (Fsp3) is 0.100. The minimum absolute atomic E-state index is 0.105. The van der Waals surface area contributed by atoms with Crippen LogP contribution in [0, 0.1) is 6.92 Å². The predicted octanol–water partition coefficient (Wildman–Crippen LogP) is 1.74. The van der Waals surface area contributed by atoms with Gasteiger partial charge in [0.25, 0.3) is 0 Å². The van der Waals surface area contributed by atoms with Crippen LogP contribution in [0.1, 0.15) is 16.2 Å². The second-order valence-corrected chi connectivity index (χ2v) is 2.98. The van der Waals surface area contributed by atoms with Gasteiger partial charge in [0, 0.05) is 6.20 Å². The van der Waals surface area contributed by atoms with Gasteiger partial charge in [0.2, 0.25) is 5.69 Å². The molecular formula is C10H8N2O3. The summed E-state index contributed by atoms with van der Waals surface area (Å²) in [6.45, 7) is 1.66. The standard InChI is InChI=1S/C10H8N2O3/c1-6-8(7-4-2-3-5-11-7)9(10(13)14)12-15-6/h2-5H,1H3,(H,13,14). The molecule has 5 heteroatoms. The van der Waals surface area contributed by atoms with Crippen LogP contribution >= 0.6 is 0 Å². The van der Waals surface area contributed by atoms with E-state index in [-0.39, 0.29) is 5.69 Å². The van der Waals surface area contributed by atoms with Gasteiger partial charge >= 0.3 is 5.97 Å². The van der Waals surface area contributed by atoms with Gasteiger partial charge in [0.1, 0.15) is 5.76 Å². The summed E-state index contributed by atoms with van der Waals surface area (Å²) in [6.07, 6.45) is 1.59. The van der Waals surface area contributed by atoms with Crippen molar-refractivity contribution in [2.45, 2.75) is 6.92 Å². The first-order chi connectivity index (χ1) is 7.20. The summed E-state index contributed by atoms with van der Waals surface area (Å²) in [5, 5.41) is 12.4. The van der Waals surface area contributed by atoms with Gasteiger partial charge in [-0.25, -0.2) is 4.79 Å². The van der Waals surface area contributed by atoms with Gasteiger partial charge < -0.3 is 9.63 Å². The van der Waals surface area contributed by atoms with Crippen LogP contribution in [0.25, 0.3) is 11.3 Å². The van der Waals surface area contributed by atoms with Crippen molar-refractivity contribution in [3.63, 3.8) is 0 Å². The molecule has 76 valence electrons. The molecule has 1 N–H and O–H groups in total. The van der Waals surface area contributed by atoms with Crippen LogP contribution in [0.15, 0.2) is 28.9 Å². The van der Waals surface area contributed by atoms with E-state index >= 15 is 0 Å². The van der Waals surface area contributed by atoms with Gasteiger partial charge in [0.05, 0.1) is 11.3 Å². The Balaban J connectivity index is 2.62. The molecule has 2 heterocycles. The smallest absolute Gasteiger partial charge is 0.358 e. The summed E-state index contributed by atoms with van der Waals surface area (Å²) in [4.78, 5) is 14.9. The predicted molar refractivity (Wildman–Crippen MR) is 51.4 cm³/mol. The lowest BCUT2D eigenvalue weighted by Gasteiger charge is -1.97. The Morgan fingerprint density at radius 2 is 2.27 bits per heavy atom. The number of carboxylic acids is 1. The maximum Gasteiger partial charge on any atom is 0.358 e. The minimum Gasteiger partial charge on any atom is -0.476 e. The monoisotopic (exact) mass is 204 g/mol. The average Bonchev–Trinajstić information content (AvgIpc) is 2.61. The Bertz CT molecular complexity index is 491. The first-order valence-electron chi connectivity index (χ1n) is 4.31. The molecule has 0 saturated heterocycles. The lowest BCUT2D eigenvalue weighted by molar-refractivity contribution is 0.0686. The van der Waals surface area contributed by atoms with Crippen molar-refractivity contribution in [2.24, 2.45) is 0 Å². The van der Waals surface area contributed by atoms with Gasteiger partial charge in [-0.3, -0.25) is 4.98 Å². The lowest BCUT2D eigenvalue weighted by Crippen LogP contribution is -1.99. The van der Waals surface area contributed by atoms with E-state index in [1.807, 2.05) is 0 Å². The topological polar surface area (TPSA) is 76.2 Å². The highest BCUT2D eigenvalue weighted by molar-refractivity contribution is 5.93. The minimum atomic E-state index is -1.12. The van der Waals surface area contributed by atoms with E-state index < -0.39 is 5.97 Å². The van der Waals surface area contributed by atoms with Gasteiger partial charge in [-0.2, -0.15) is 0 Å². The van der Waals surface area contributed by atoms with Crippen LogP contribution in [0.4, 0.5) is 0 Å². The molecule has 0 atom stereocenters. The number of pyridine rings is 1. The highest BCUT2D eigenvalue weighted by atomic mass is 16.5. The maximum atomic E-state index is 10.9. The lowest BCUT2D eigenvalue weighted by atomic mass is 10.1. The van der Waals surface area contributed by atoms with Crippen LogP contribution in [-0.2, 0) is 0 Å². The van der Waals surface area contributed by atoms with Crippen LogP contribution in [-0.4, -0.2) is 21.2 Å². The molecule has 0 aliphatic rings. The number of aromatic carboxylic acids is 1. The van der Waals surface area contributed by atoms with Crippen molar-refractivity contribution in [1.29, 1.82) is 0 Å². The molecule has 2 aromatic rings. The number of carbonyl (C=O) groups is 1. The molecule has 0 radical (unpaired) electrons. The third kappa shape index (κ3) is 1.59. The average molecular weight is 204 g/mol. The third-order valence-electron chi connectivity index (χ3n) is 1.99. The number of nitrogens with zero attached hydrogens (tertiary/aromatic N) is 2. The highest BCUT2D eigenvalue weighted by Gasteiger charge is 2.20. The molecule has 5 nitrogen and oxygen atoms in total. The summed E-state index contributed by atoms with van der Waals surface area (Å²) >= 11 is 0. The van der Waals surface area contributed by atoms with Crippen molar-refractivity contribution < 1.29 is 14.4 Å². The molecule has 0 spiro atoms. The zero-order valence-electron chi connectivity index (χ0n) is 7.97. The second-order valence-electron chi connectivity index (χ2n) is 2.98. The molecule has 0 unspecified atom stereocenters. The van der Waals surface area contributed by atoms with Crippen molar-refractivity contribution in [2.75, 3.05) is 0 Å². The fourth-order valence-electron chi connectivity index (χ4n) is 1.33. The summed E-state index contributed by atoms with van der Waals surface area (Å²) in [6, 6.07) is 5.25. The quantitative estimate of drug-likeness (QED) is 0.806. The van der Waals surface area contributed by atoms with E-state index in [1.54, 1.807) is 31.3 Å². The summed E-state index contributed by atoms with van der Waals surface area (Å²) in [7, 11) is 0. The molecule has 0 aliphatic heterocycles. The van der Waals surface area contributed by atoms with Crippen molar-refractivity contribution >= 4 is 5.97 Å². The number of carboxylic acid groups (broad SMARTS) is 1. The van der Waals surface area contributed by atoms with Gasteiger partial charge in [-0.1, -0.05) is 11.2 Å². The summed E-state index contributed by atoms with van der Waals surface area (Å²) in [5.41, 5.74) is 0.878. The third-order valence-corrected chi connectivity index (χ3v) is 1.99. The Hall–Kier alpha value is -2.17. The van der Waals surface area contributed by atoms with Gasteiger partial charge in [-0.15, -0.1) is 0 Å². The molecule has 0 saturated carbocycles. The number of rotatable bonds is 2. The van der Waals surface area contributed by atoms with Crippen LogP contribution < -0.4 is 0 Å². The summed E-state index contributed by atoms with van der Waals surface area (Å²) in [5.74, 6) is -0.668. The maximum absolute atomic E-state index is 10.9. The van der Waals surface area contributed by atoms with E-state index in [0.717, 1.165) is 0 Å². The van der Waals surface area contributed by atoms with E-state index in [9.17, 15) is 4.79 Å². The van der Waals surface area contributed by atoms with Crippen molar-refractivity contribution in [3.05, 3.63) is 35.9 Å². The number of hydrogen-bond donors (Lipinski definition) is 1. The first kappa shape index (κ1) is 9.39. The molecular weight excluding hydrogens is 196 g/mol. The zero-order chi connectivity index (χ0) is 10.8. The fourth-order valence-corrected chi connectivity index (χ4v) is 1.33. The van der Waals surface area contributed by atoms with Crippen LogP contribution in [0.2, 0.25) is 0 Å². The van der Waals surface area contributed by atoms with Crippen LogP contribution in [0.5, 0.6) is 0 Å². The van der Waals surface area contributed by atoms with E-state index in [4.69, 9.17) is 9.63 Å². The molecule has 2 aromatic heterocycles. The molecule has 0 bridgehead atoms. The Morgan fingerprint density at radius 3 is 2.87 bits per heavy atom. The molecule has 0 aliphatic carbocycles. The van der Waals surface area contributed by atoms with Crippen molar-refractivity contribution in [3.8, 4) is 11.3 Å². The van der Waals surface area contributed by atoms with Crippen LogP contribution in [0.3, 0.4) is 0 Å². The zero-order valence-corrected chi connectivity index (χ0v) is 7.97. The van der Waals surface area contributed by atoms with Crippen molar-refractivity contribution in [1.82, 2.24) is 10.1 Å². The Labute approximate surface area is 85.4 Å². The largest absolute Gasteiger partial charge is 0.476 e. The number of hydrogen-bond acceptors (Lipinski definition) is 4. The highest BCUT2D eigenvalue weighted by Crippen LogP contribution is 2.24. The number of aryl methyl sites for hydroxylation is 1. The molecule has 0 amide bonds. The first-order valence-corrected chi connectivity index (χ1v) is 4.31. The van der Waals surface area contributed by atoms with Gasteiger partial charge in [0.15, 0.2) is 0 Å². The summed E-state index contributed by atoms with van der Waals surface area (Å²) < 4.78 is 4.84. The molecule has 0 aromatic carbocycles. The Morgan fingerprint density at radius 1 is 1.47 bits per heavy atom. The molecule has 0 fully saturated rings. The number of aromatic nitrogens is 2. The van der Waals surface area contributed by atoms with Gasteiger partial charge in [-0.05, 0) is 19.1 Å². The second kappa shape index (κ2) is 3.53. The Kier molecular flexibility index (Phi) is 2.21. The normalized spacial score (nSPS) is 10.2. The van der Waals surface area contributed by atoms with E-state index in [2.05, 4.69) is 10.1 Å². The molecule has 15 heavy (non-hydrogen) atoms. The molecule has 2 rings (SSSR count). The van der Waals surface area contributed by atoms with E-state index in [0.29, 0.717) is 17.0 Å². The SMILES string of the molecule is Cc1onc(C(=O)O)c1-c1ccccn1.